The smallest absolute Gasteiger partial charge is 0.156 e. The molecule has 0 saturated heterocycles. The summed E-state index contributed by atoms with van der Waals surface area (Å²) in [6.07, 6.45) is 9.42. The zero-order valence-corrected chi connectivity index (χ0v) is 14.3. The van der Waals surface area contributed by atoms with Gasteiger partial charge in [0.25, 0.3) is 0 Å². The first-order chi connectivity index (χ1) is 10.8. The van der Waals surface area contributed by atoms with E-state index in [1.54, 1.807) is 0 Å². The standard InChI is InChI=1S/C20H27NO2/c1-18-8-5-14(22)11-13(18)3-4-15-16(18)6-9-19(2)17(15)7-10-20(19,23)12-21/h11,15-17,23H,3-10H2,1-2H3/t15-,16+,17+,18+,19+,20+/m1/s1. The highest BCUT2D eigenvalue weighted by molar-refractivity contribution is 5.91. The third-order valence-electron chi connectivity index (χ3n) is 8.30. The molecule has 0 spiro atoms. The fourth-order valence-electron chi connectivity index (χ4n) is 6.76. The summed E-state index contributed by atoms with van der Waals surface area (Å²) in [5, 5.41) is 20.4. The minimum atomic E-state index is -1.14. The summed E-state index contributed by atoms with van der Waals surface area (Å²) in [5.41, 5.74) is 0.172. The summed E-state index contributed by atoms with van der Waals surface area (Å²) in [4.78, 5) is 11.8. The van der Waals surface area contributed by atoms with Gasteiger partial charge in [0.05, 0.1) is 6.07 Å². The van der Waals surface area contributed by atoms with E-state index in [2.05, 4.69) is 19.9 Å². The van der Waals surface area contributed by atoms with Crippen LogP contribution in [0.3, 0.4) is 0 Å². The molecule has 6 atom stereocenters. The lowest BCUT2D eigenvalue weighted by molar-refractivity contribution is -0.119. The van der Waals surface area contributed by atoms with Gasteiger partial charge in [-0.1, -0.05) is 19.4 Å². The molecule has 0 radical (unpaired) electrons. The van der Waals surface area contributed by atoms with E-state index in [0.717, 1.165) is 38.5 Å². The molecular weight excluding hydrogens is 286 g/mol. The Balaban J connectivity index is 1.70. The number of carbonyl (C=O) groups excluding carboxylic acids is 1. The molecule has 4 aliphatic rings. The molecule has 124 valence electrons. The number of rotatable bonds is 0. The van der Waals surface area contributed by atoms with E-state index in [0.29, 0.717) is 36.4 Å². The van der Waals surface area contributed by atoms with Crippen LogP contribution in [-0.2, 0) is 4.79 Å². The van der Waals surface area contributed by atoms with Crippen molar-refractivity contribution >= 4 is 5.78 Å². The second-order valence-corrected chi connectivity index (χ2v) is 8.94. The Hall–Kier alpha value is -1.14. The van der Waals surface area contributed by atoms with E-state index in [1.165, 1.54) is 5.57 Å². The number of hydrogen-bond donors (Lipinski definition) is 1. The average molecular weight is 313 g/mol. The highest BCUT2D eigenvalue weighted by Crippen LogP contribution is 2.67. The van der Waals surface area contributed by atoms with E-state index in [9.17, 15) is 15.2 Å². The first-order valence-corrected chi connectivity index (χ1v) is 9.22. The summed E-state index contributed by atoms with van der Waals surface area (Å²) in [6.45, 7) is 4.53. The van der Waals surface area contributed by atoms with Crippen molar-refractivity contribution in [2.45, 2.75) is 70.8 Å². The predicted octanol–water partition coefficient (Wildman–Crippen LogP) is 3.77. The lowest BCUT2D eigenvalue weighted by atomic mass is 9.46. The van der Waals surface area contributed by atoms with Gasteiger partial charge >= 0.3 is 0 Å². The number of ketones is 1. The second kappa shape index (κ2) is 4.70. The van der Waals surface area contributed by atoms with Crippen LogP contribution in [0.15, 0.2) is 11.6 Å². The van der Waals surface area contributed by atoms with E-state index >= 15 is 0 Å². The summed E-state index contributed by atoms with van der Waals surface area (Å²) in [5.74, 6) is 1.99. The molecular formula is C20H27NO2. The molecule has 4 aliphatic carbocycles. The van der Waals surface area contributed by atoms with Gasteiger partial charge < -0.3 is 5.11 Å². The van der Waals surface area contributed by atoms with Crippen LogP contribution in [0, 0.1) is 39.9 Å². The Labute approximate surface area is 138 Å². The summed E-state index contributed by atoms with van der Waals surface area (Å²) >= 11 is 0. The summed E-state index contributed by atoms with van der Waals surface area (Å²) < 4.78 is 0. The lowest BCUT2D eigenvalue weighted by Crippen LogP contribution is -2.54. The maximum atomic E-state index is 11.8. The van der Waals surface area contributed by atoms with Crippen LogP contribution in [0.4, 0.5) is 0 Å². The first-order valence-electron chi connectivity index (χ1n) is 9.22. The molecule has 0 aromatic carbocycles. The van der Waals surface area contributed by atoms with Crippen molar-refractivity contribution in [1.82, 2.24) is 0 Å². The van der Waals surface area contributed by atoms with Gasteiger partial charge in [-0.2, -0.15) is 5.26 Å². The van der Waals surface area contributed by atoms with Gasteiger partial charge in [-0.15, -0.1) is 0 Å². The number of nitriles is 1. The largest absolute Gasteiger partial charge is 0.375 e. The normalized spacial score (nSPS) is 52.0. The van der Waals surface area contributed by atoms with Gasteiger partial charge in [-0.05, 0) is 74.2 Å². The molecule has 1 N–H and O–H groups in total. The predicted molar refractivity (Wildman–Crippen MR) is 87.3 cm³/mol. The van der Waals surface area contributed by atoms with E-state index in [-0.39, 0.29) is 10.8 Å². The van der Waals surface area contributed by atoms with Crippen LogP contribution in [0.25, 0.3) is 0 Å². The molecule has 3 nitrogen and oxygen atoms in total. The Bertz CT molecular complexity index is 632. The fourth-order valence-corrected chi connectivity index (χ4v) is 6.76. The minimum Gasteiger partial charge on any atom is -0.375 e. The Kier molecular flexibility index (Phi) is 3.14. The molecule has 23 heavy (non-hydrogen) atoms. The van der Waals surface area contributed by atoms with Crippen molar-refractivity contribution in [3.63, 3.8) is 0 Å². The summed E-state index contributed by atoms with van der Waals surface area (Å²) in [6, 6.07) is 2.25. The van der Waals surface area contributed by atoms with Gasteiger partial charge in [0.15, 0.2) is 11.4 Å². The van der Waals surface area contributed by atoms with Gasteiger partial charge in [-0.3, -0.25) is 4.79 Å². The lowest BCUT2D eigenvalue weighted by Gasteiger charge is -2.58. The van der Waals surface area contributed by atoms with E-state index in [4.69, 9.17) is 0 Å². The van der Waals surface area contributed by atoms with Crippen LogP contribution in [-0.4, -0.2) is 16.5 Å². The number of allylic oxidation sites excluding steroid dienone is 1. The maximum Gasteiger partial charge on any atom is 0.156 e. The van der Waals surface area contributed by atoms with Gasteiger partial charge in [0.2, 0.25) is 0 Å². The molecule has 3 fully saturated rings. The van der Waals surface area contributed by atoms with Gasteiger partial charge in [-0.25, -0.2) is 0 Å². The molecule has 3 saturated carbocycles. The number of aliphatic hydroxyl groups is 1. The zero-order chi connectivity index (χ0) is 16.5. The zero-order valence-electron chi connectivity index (χ0n) is 14.3. The quantitative estimate of drug-likeness (QED) is 0.692. The molecule has 0 aromatic rings. The van der Waals surface area contributed by atoms with Gasteiger partial charge in [0.1, 0.15) is 0 Å². The molecule has 4 rings (SSSR count). The average Bonchev–Trinajstić information content (AvgIpc) is 2.80. The highest BCUT2D eigenvalue weighted by atomic mass is 16.3. The van der Waals surface area contributed by atoms with Crippen LogP contribution in [0.5, 0.6) is 0 Å². The van der Waals surface area contributed by atoms with E-state index < -0.39 is 5.60 Å². The van der Waals surface area contributed by atoms with E-state index in [1.807, 2.05) is 6.08 Å². The van der Waals surface area contributed by atoms with Crippen molar-refractivity contribution < 1.29 is 9.90 Å². The molecule has 0 heterocycles. The third kappa shape index (κ3) is 1.82. The SMILES string of the molecule is C[C@]12CCC(=O)C=C1CC[C@@H]1[C@@H]2CC[C@@]2(C)[C@H]1CC[C@]2(O)C#N. The van der Waals surface area contributed by atoms with Crippen molar-refractivity contribution in [3.05, 3.63) is 11.6 Å². The third-order valence-corrected chi connectivity index (χ3v) is 8.30. The number of hydrogen-bond acceptors (Lipinski definition) is 3. The monoisotopic (exact) mass is 313 g/mol. The topological polar surface area (TPSA) is 61.1 Å². The molecule has 0 bridgehead atoms. The van der Waals surface area contributed by atoms with Crippen molar-refractivity contribution in [1.29, 1.82) is 5.26 Å². The van der Waals surface area contributed by atoms with Crippen molar-refractivity contribution in [2.75, 3.05) is 0 Å². The van der Waals surface area contributed by atoms with Crippen LogP contribution in [0.2, 0.25) is 0 Å². The summed E-state index contributed by atoms with van der Waals surface area (Å²) in [7, 11) is 0. The molecule has 0 aromatic heterocycles. The Morgan fingerprint density at radius 1 is 1.13 bits per heavy atom. The fraction of sp³-hybridized carbons (Fsp3) is 0.800. The Morgan fingerprint density at radius 3 is 2.61 bits per heavy atom. The second-order valence-electron chi connectivity index (χ2n) is 8.94. The minimum absolute atomic E-state index is 0.172. The first kappa shape index (κ1) is 15.4. The van der Waals surface area contributed by atoms with Gasteiger partial charge in [0, 0.05) is 11.8 Å². The highest BCUT2D eigenvalue weighted by Gasteiger charge is 2.64. The number of fused-ring (bicyclic) bond motifs is 5. The van der Waals surface area contributed by atoms with Crippen molar-refractivity contribution in [3.8, 4) is 6.07 Å². The number of carbonyl (C=O) groups is 1. The Morgan fingerprint density at radius 2 is 1.87 bits per heavy atom. The van der Waals surface area contributed by atoms with Crippen LogP contribution < -0.4 is 0 Å². The number of nitrogens with zero attached hydrogens (tertiary/aromatic N) is 1. The van der Waals surface area contributed by atoms with Crippen LogP contribution in [0.1, 0.15) is 65.2 Å². The molecule has 0 amide bonds. The van der Waals surface area contributed by atoms with Crippen LogP contribution >= 0.6 is 0 Å². The van der Waals surface area contributed by atoms with Crippen molar-refractivity contribution in [2.24, 2.45) is 28.6 Å². The molecule has 3 heteroatoms. The molecule has 0 unspecified atom stereocenters. The molecule has 0 aliphatic heterocycles. The maximum absolute atomic E-state index is 11.8.